The van der Waals surface area contributed by atoms with Crippen molar-refractivity contribution < 1.29 is 9.84 Å². The third-order valence-corrected chi connectivity index (χ3v) is 3.26. The highest BCUT2D eigenvalue weighted by Gasteiger charge is 2.06. The van der Waals surface area contributed by atoms with E-state index in [2.05, 4.69) is 4.98 Å². The summed E-state index contributed by atoms with van der Waals surface area (Å²) in [7, 11) is 0. The fraction of sp³-hybridized carbons (Fsp3) is 0.267. The van der Waals surface area contributed by atoms with E-state index in [1.807, 2.05) is 31.2 Å². The summed E-state index contributed by atoms with van der Waals surface area (Å²) in [6.45, 7) is 4.09. The third kappa shape index (κ3) is 3.46. The van der Waals surface area contributed by atoms with Crippen LogP contribution < -0.4 is 4.74 Å². The molecule has 100 valence electrons. The number of hydrogen-bond acceptors (Lipinski definition) is 3. The molecule has 1 aromatic heterocycles. The van der Waals surface area contributed by atoms with E-state index < -0.39 is 6.10 Å². The molecule has 4 heteroatoms. The van der Waals surface area contributed by atoms with Gasteiger partial charge in [-0.2, -0.15) is 0 Å². The molecule has 0 bridgehead atoms. The summed E-state index contributed by atoms with van der Waals surface area (Å²) in [5.41, 5.74) is 2.77. The molecule has 0 fully saturated rings. The van der Waals surface area contributed by atoms with Gasteiger partial charge < -0.3 is 9.84 Å². The number of ether oxygens (including phenoxy) is 1. The number of benzene rings is 1. The number of rotatable bonds is 4. The summed E-state index contributed by atoms with van der Waals surface area (Å²) in [5.74, 6) is 0.789. The molecule has 19 heavy (non-hydrogen) atoms. The minimum absolute atomic E-state index is 0.399. The molecule has 0 amide bonds. The molecule has 0 saturated heterocycles. The highest BCUT2D eigenvalue weighted by atomic mass is 35.5. The summed E-state index contributed by atoms with van der Waals surface area (Å²) >= 11 is 6.02. The minimum Gasteiger partial charge on any atom is -0.489 e. The summed E-state index contributed by atoms with van der Waals surface area (Å²) in [4.78, 5) is 3.93. The van der Waals surface area contributed by atoms with E-state index >= 15 is 0 Å². The maximum atomic E-state index is 9.52. The molecule has 2 rings (SSSR count). The van der Waals surface area contributed by atoms with E-state index in [0.29, 0.717) is 11.6 Å². The first-order valence-corrected chi connectivity index (χ1v) is 6.45. The van der Waals surface area contributed by atoms with Crippen molar-refractivity contribution in [2.24, 2.45) is 0 Å². The summed E-state index contributed by atoms with van der Waals surface area (Å²) in [6.07, 6.45) is 2.82. The van der Waals surface area contributed by atoms with Crippen LogP contribution in [0.25, 0.3) is 0 Å². The van der Waals surface area contributed by atoms with Gasteiger partial charge in [0.25, 0.3) is 0 Å². The van der Waals surface area contributed by atoms with Crippen LogP contribution in [0.15, 0.2) is 36.7 Å². The molecule has 2 aromatic rings. The van der Waals surface area contributed by atoms with Crippen molar-refractivity contribution in [1.82, 2.24) is 4.98 Å². The van der Waals surface area contributed by atoms with E-state index in [-0.39, 0.29) is 0 Å². The lowest BCUT2D eigenvalue weighted by Gasteiger charge is -2.12. The summed E-state index contributed by atoms with van der Waals surface area (Å²) in [5, 5.41) is 10.1. The fourth-order valence-corrected chi connectivity index (χ4v) is 1.94. The predicted octanol–water partition coefficient (Wildman–Crippen LogP) is 3.68. The molecular formula is C15H16ClNO2. The molecular weight excluding hydrogens is 262 g/mol. The number of aryl methyl sites for hydroxylation is 1. The average Bonchev–Trinajstić information content (AvgIpc) is 2.39. The number of pyridine rings is 1. The van der Waals surface area contributed by atoms with Crippen LogP contribution in [0, 0.1) is 6.92 Å². The Morgan fingerprint density at radius 1 is 1.37 bits per heavy atom. The zero-order chi connectivity index (χ0) is 13.8. The second kappa shape index (κ2) is 6.04. The lowest BCUT2D eigenvalue weighted by molar-refractivity contribution is 0.199. The van der Waals surface area contributed by atoms with Crippen LogP contribution in [0.1, 0.15) is 29.7 Å². The summed E-state index contributed by atoms with van der Waals surface area (Å²) < 4.78 is 5.74. The minimum atomic E-state index is -0.470. The molecule has 0 aliphatic rings. The van der Waals surface area contributed by atoms with Crippen LogP contribution in [0.4, 0.5) is 0 Å². The molecule has 0 saturated carbocycles. The van der Waals surface area contributed by atoms with Gasteiger partial charge in [-0.1, -0.05) is 17.7 Å². The van der Waals surface area contributed by atoms with Crippen molar-refractivity contribution >= 4 is 11.6 Å². The standard InChI is InChI=1S/C15H16ClNO2/c1-10-7-12(11(2)18)3-4-15(10)19-9-13-5-6-17-8-14(13)16/h3-8,11,18H,9H2,1-2H3. The number of aromatic nitrogens is 1. The van der Waals surface area contributed by atoms with Crippen LogP contribution in [0.5, 0.6) is 5.75 Å². The second-order valence-corrected chi connectivity index (χ2v) is 4.86. The van der Waals surface area contributed by atoms with E-state index in [9.17, 15) is 5.11 Å². The van der Waals surface area contributed by atoms with Gasteiger partial charge in [0.05, 0.1) is 11.1 Å². The molecule has 1 unspecified atom stereocenters. The first kappa shape index (κ1) is 13.8. The molecule has 0 spiro atoms. The van der Waals surface area contributed by atoms with Crippen molar-refractivity contribution in [3.05, 3.63) is 58.4 Å². The van der Waals surface area contributed by atoms with Gasteiger partial charge in [-0.25, -0.2) is 0 Å². The maximum Gasteiger partial charge on any atom is 0.122 e. The molecule has 0 radical (unpaired) electrons. The number of halogens is 1. The first-order valence-electron chi connectivity index (χ1n) is 6.07. The smallest absolute Gasteiger partial charge is 0.122 e. The van der Waals surface area contributed by atoms with Crippen molar-refractivity contribution in [1.29, 1.82) is 0 Å². The monoisotopic (exact) mass is 277 g/mol. The maximum absolute atomic E-state index is 9.52. The largest absolute Gasteiger partial charge is 0.489 e. The van der Waals surface area contributed by atoms with Gasteiger partial charge in [-0.3, -0.25) is 4.98 Å². The normalized spacial score (nSPS) is 12.2. The Bertz CT molecular complexity index is 570. The number of aliphatic hydroxyl groups is 1. The highest BCUT2D eigenvalue weighted by molar-refractivity contribution is 6.31. The Morgan fingerprint density at radius 2 is 2.16 bits per heavy atom. The Morgan fingerprint density at radius 3 is 2.79 bits per heavy atom. The van der Waals surface area contributed by atoms with Crippen LogP contribution in [-0.2, 0) is 6.61 Å². The molecule has 1 N–H and O–H groups in total. The topological polar surface area (TPSA) is 42.4 Å². The highest BCUT2D eigenvalue weighted by Crippen LogP contribution is 2.24. The average molecular weight is 278 g/mol. The van der Waals surface area contributed by atoms with Crippen LogP contribution in [0.2, 0.25) is 5.02 Å². The van der Waals surface area contributed by atoms with E-state index in [0.717, 1.165) is 22.4 Å². The van der Waals surface area contributed by atoms with Crippen molar-refractivity contribution in [3.8, 4) is 5.75 Å². The Balaban J connectivity index is 2.10. The molecule has 0 aliphatic carbocycles. The number of hydrogen-bond donors (Lipinski definition) is 1. The van der Waals surface area contributed by atoms with E-state index in [4.69, 9.17) is 16.3 Å². The van der Waals surface area contributed by atoms with Crippen molar-refractivity contribution in [2.75, 3.05) is 0 Å². The molecule has 1 heterocycles. The predicted molar refractivity (Wildman–Crippen MR) is 75.4 cm³/mol. The van der Waals surface area contributed by atoms with Crippen molar-refractivity contribution in [2.45, 2.75) is 26.6 Å². The van der Waals surface area contributed by atoms with Crippen LogP contribution in [-0.4, -0.2) is 10.1 Å². The SMILES string of the molecule is Cc1cc(C(C)O)ccc1OCc1ccncc1Cl. The lowest BCUT2D eigenvalue weighted by atomic mass is 10.1. The molecule has 1 atom stereocenters. The molecule has 3 nitrogen and oxygen atoms in total. The number of nitrogens with zero attached hydrogens (tertiary/aromatic N) is 1. The van der Waals surface area contributed by atoms with Gasteiger partial charge >= 0.3 is 0 Å². The van der Waals surface area contributed by atoms with Gasteiger partial charge in [0.2, 0.25) is 0 Å². The Kier molecular flexibility index (Phi) is 4.40. The lowest BCUT2D eigenvalue weighted by Crippen LogP contribution is -1.99. The van der Waals surface area contributed by atoms with Gasteiger partial charge in [0.15, 0.2) is 0 Å². The molecule has 1 aromatic carbocycles. The quantitative estimate of drug-likeness (QED) is 0.927. The van der Waals surface area contributed by atoms with Gasteiger partial charge in [0.1, 0.15) is 12.4 Å². The first-order chi connectivity index (χ1) is 9.08. The zero-order valence-corrected chi connectivity index (χ0v) is 11.7. The van der Waals surface area contributed by atoms with Crippen molar-refractivity contribution in [3.63, 3.8) is 0 Å². The van der Waals surface area contributed by atoms with Gasteiger partial charge in [-0.05, 0) is 43.2 Å². The Hall–Kier alpha value is -1.58. The Labute approximate surface area is 117 Å². The van der Waals surface area contributed by atoms with Crippen LogP contribution >= 0.6 is 11.6 Å². The van der Waals surface area contributed by atoms with E-state index in [1.54, 1.807) is 19.3 Å². The van der Waals surface area contributed by atoms with Crippen LogP contribution in [0.3, 0.4) is 0 Å². The third-order valence-electron chi connectivity index (χ3n) is 2.92. The summed E-state index contributed by atoms with van der Waals surface area (Å²) in [6, 6.07) is 7.49. The van der Waals surface area contributed by atoms with Gasteiger partial charge in [-0.15, -0.1) is 0 Å². The van der Waals surface area contributed by atoms with E-state index in [1.165, 1.54) is 0 Å². The number of aliphatic hydroxyl groups excluding tert-OH is 1. The van der Waals surface area contributed by atoms with Gasteiger partial charge in [0, 0.05) is 18.0 Å². The molecule has 0 aliphatic heterocycles. The zero-order valence-electron chi connectivity index (χ0n) is 10.9. The fourth-order valence-electron chi connectivity index (χ4n) is 1.77. The second-order valence-electron chi connectivity index (χ2n) is 4.46.